The largest absolute Gasteiger partial charge is 0.365 e. The fourth-order valence-electron chi connectivity index (χ4n) is 5.02. The number of primary amides is 1. The molecule has 5 rings (SSSR count). The van der Waals surface area contributed by atoms with Crippen LogP contribution in [0.4, 0.5) is 0 Å². The SMILES string of the molecule is Cc1ccc(C2CC(CC(=O)N3CCn4nc(-c5ccc(Cl)c(Cl)c5)c(C(N)=O)c4C3)C2)cc1. The fraction of sp³-hybridized carbons (Fsp3) is 0.346. The number of fused-ring (bicyclic) bond motifs is 1. The van der Waals surface area contributed by atoms with Gasteiger partial charge in [-0.1, -0.05) is 59.1 Å². The number of aromatic nitrogens is 2. The van der Waals surface area contributed by atoms with Crippen LogP contribution < -0.4 is 5.73 Å². The van der Waals surface area contributed by atoms with E-state index in [4.69, 9.17) is 28.9 Å². The molecule has 2 heterocycles. The predicted molar refractivity (Wildman–Crippen MR) is 133 cm³/mol. The number of nitrogens with zero attached hydrogens (tertiary/aromatic N) is 3. The first-order valence-electron chi connectivity index (χ1n) is 11.5. The van der Waals surface area contributed by atoms with Crippen LogP contribution in [-0.4, -0.2) is 33.0 Å². The van der Waals surface area contributed by atoms with Gasteiger partial charge in [-0.15, -0.1) is 0 Å². The molecule has 1 aliphatic heterocycles. The molecule has 2 N–H and O–H groups in total. The summed E-state index contributed by atoms with van der Waals surface area (Å²) in [5.74, 6) is 0.479. The van der Waals surface area contributed by atoms with Gasteiger partial charge in [-0.25, -0.2) is 0 Å². The summed E-state index contributed by atoms with van der Waals surface area (Å²) in [4.78, 5) is 27.3. The lowest BCUT2D eigenvalue weighted by atomic mass is 9.70. The number of benzene rings is 2. The number of aryl methyl sites for hydroxylation is 1. The van der Waals surface area contributed by atoms with Gasteiger partial charge in [0.2, 0.25) is 5.91 Å². The molecule has 2 aromatic carbocycles. The minimum atomic E-state index is -0.573. The van der Waals surface area contributed by atoms with Crippen molar-refractivity contribution in [3.63, 3.8) is 0 Å². The molecule has 2 aliphatic rings. The van der Waals surface area contributed by atoms with Crippen LogP contribution in [0.3, 0.4) is 0 Å². The first-order chi connectivity index (χ1) is 16.3. The number of carbonyl (C=O) groups is 2. The molecule has 0 unspecified atom stereocenters. The summed E-state index contributed by atoms with van der Waals surface area (Å²) in [6, 6.07) is 13.8. The number of halogens is 2. The molecule has 34 heavy (non-hydrogen) atoms. The average Bonchev–Trinajstić information content (AvgIpc) is 3.17. The molecular weight excluding hydrogens is 471 g/mol. The molecule has 176 valence electrons. The Morgan fingerprint density at radius 2 is 1.79 bits per heavy atom. The average molecular weight is 497 g/mol. The molecule has 1 aliphatic carbocycles. The molecule has 0 saturated heterocycles. The molecule has 1 aromatic heterocycles. The third-order valence-corrected chi connectivity index (χ3v) is 7.76. The van der Waals surface area contributed by atoms with E-state index in [9.17, 15) is 9.59 Å². The normalized spacial score (nSPS) is 19.4. The van der Waals surface area contributed by atoms with Crippen LogP contribution in [0.25, 0.3) is 11.3 Å². The summed E-state index contributed by atoms with van der Waals surface area (Å²) in [6.45, 7) is 3.48. The maximum atomic E-state index is 13.1. The topological polar surface area (TPSA) is 81.2 Å². The number of hydrogen-bond donors (Lipinski definition) is 1. The van der Waals surface area contributed by atoms with Crippen molar-refractivity contribution in [1.82, 2.24) is 14.7 Å². The van der Waals surface area contributed by atoms with E-state index < -0.39 is 5.91 Å². The minimum Gasteiger partial charge on any atom is -0.365 e. The molecule has 6 nitrogen and oxygen atoms in total. The van der Waals surface area contributed by atoms with E-state index >= 15 is 0 Å². The Bertz CT molecular complexity index is 1260. The molecule has 0 atom stereocenters. The van der Waals surface area contributed by atoms with Crippen LogP contribution in [0, 0.1) is 12.8 Å². The van der Waals surface area contributed by atoms with Crippen LogP contribution in [0.5, 0.6) is 0 Å². The zero-order valence-corrected chi connectivity index (χ0v) is 20.4. The van der Waals surface area contributed by atoms with Crippen molar-refractivity contribution in [1.29, 1.82) is 0 Å². The lowest BCUT2D eigenvalue weighted by Crippen LogP contribution is -2.40. The van der Waals surface area contributed by atoms with Gasteiger partial charge in [0.25, 0.3) is 5.91 Å². The van der Waals surface area contributed by atoms with Crippen LogP contribution >= 0.6 is 23.2 Å². The fourth-order valence-corrected chi connectivity index (χ4v) is 5.32. The molecular formula is C26H26Cl2N4O2. The van der Waals surface area contributed by atoms with Gasteiger partial charge in [0.05, 0.1) is 34.4 Å². The molecule has 0 spiro atoms. The second kappa shape index (κ2) is 9.08. The van der Waals surface area contributed by atoms with Gasteiger partial charge in [0.15, 0.2) is 0 Å². The summed E-state index contributed by atoms with van der Waals surface area (Å²) < 4.78 is 1.78. The van der Waals surface area contributed by atoms with Crippen LogP contribution in [0.15, 0.2) is 42.5 Å². The highest BCUT2D eigenvalue weighted by atomic mass is 35.5. The second-order valence-corrected chi connectivity index (χ2v) is 10.2. The smallest absolute Gasteiger partial charge is 0.252 e. The van der Waals surface area contributed by atoms with Crippen molar-refractivity contribution in [2.24, 2.45) is 11.7 Å². The Morgan fingerprint density at radius 1 is 1.06 bits per heavy atom. The Balaban J connectivity index is 1.28. The number of rotatable bonds is 5. The number of hydrogen-bond acceptors (Lipinski definition) is 3. The van der Waals surface area contributed by atoms with Crippen molar-refractivity contribution in [2.45, 2.75) is 45.2 Å². The van der Waals surface area contributed by atoms with Gasteiger partial charge in [0, 0.05) is 18.5 Å². The van der Waals surface area contributed by atoms with Gasteiger partial charge in [0.1, 0.15) is 5.69 Å². The first-order valence-corrected chi connectivity index (χ1v) is 12.2. The number of carbonyl (C=O) groups excluding carboxylic acids is 2. The lowest BCUT2D eigenvalue weighted by Gasteiger charge is -2.37. The van der Waals surface area contributed by atoms with E-state index in [1.807, 2.05) is 4.90 Å². The second-order valence-electron chi connectivity index (χ2n) is 9.35. The van der Waals surface area contributed by atoms with Gasteiger partial charge < -0.3 is 10.6 Å². The monoisotopic (exact) mass is 496 g/mol. The van der Waals surface area contributed by atoms with E-state index in [-0.39, 0.29) is 5.91 Å². The summed E-state index contributed by atoms with van der Waals surface area (Å²) in [5, 5.41) is 5.42. The third kappa shape index (κ3) is 4.32. The van der Waals surface area contributed by atoms with Crippen molar-refractivity contribution >= 4 is 35.0 Å². The van der Waals surface area contributed by atoms with E-state index in [0.29, 0.717) is 70.5 Å². The Hall–Kier alpha value is -2.83. The summed E-state index contributed by atoms with van der Waals surface area (Å²) >= 11 is 12.2. The van der Waals surface area contributed by atoms with Gasteiger partial charge >= 0.3 is 0 Å². The number of nitrogens with two attached hydrogens (primary N) is 1. The summed E-state index contributed by atoms with van der Waals surface area (Å²) in [7, 11) is 0. The van der Waals surface area contributed by atoms with E-state index in [2.05, 4.69) is 36.3 Å². The van der Waals surface area contributed by atoms with Crippen LogP contribution in [0.2, 0.25) is 10.0 Å². The molecule has 0 bridgehead atoms. The maximum Gasteiger partial charge on any atom is 0.252 e. The van der Waals surface area contributed by atoms with Gasteiger partial charge in [-0.3, -0.25) is 14.3 Å². The Morgan fingerprint density at radius 3 is 2.47 bits per heavy atom. The Kier molecular flexibility index (Phi) is 6.13. The van der Waals surface area contributed by atoms with Crippen molar-refractivity contribution in [3.05, 3.63) is 74.9 Å². The number of amides is 2. The van der Waals surface area contributed by atoms with Gasteiger partial charge in [-0.2, -0.15) is 5.10 Å². The highest BCUT2D eigenvalue weighted by Gasteiger charge is 2.35. The highest BCUT2D eigenvalue weighted by Crippen LogP contribution is 2.43. The maximum absolute atomic E-state index is 13.1. The van der Waals surface area contributed by atoms with E-state index in [1.54, 1.807) is 22.9 Å². The molecule has 3 aromatic rings. The van der Waals surface area contributed by atoms with Crippen LogP contribution in [0.1, 0.15) is 52.4 Å². The minimum absolute atomic E-state index is 0.117. The van der Waals surface area contributed by atoms with Crippen molar-refractivity contribution in [2.75, 3.05) is 6.54 Å². The standard InChI is InChI=1S/C26H26Cl2N4O2/c1-15-2-4-17(5-3-15)19-10-16(11-19)12-23(33)31-8-9-32-22(14-31)24(26(29)34)25(30-32)18-6-7-20(27)21(28)13-18/h2-7,13,16,19H,8-12,14H2,1H3,(H2,29,34). The van der Waals surface area contributed by atoms with E-state index in [1.165, 1.54) is 11.1 Å². The lowest BCUT2D eigenvalue weighted by molar-refractivity contribution is -0.134. The van der Waals surface area contributed by atoms with Crippen molar-refractivity contribution in [3.8, 4) is 11.3 Å². The third-order valence-electron chi connectivity index (χ3n) is 7.02. The van der Waals surface area contributed by atoms with Gasteiger partial charge in [-0.05, 0) is 49.3 Å². The zero-order chi connectivity index (χ0) is 24.0. The molecule has 0 radical (unpaired) electrons. The van der Waals surface area contributed by atoms with Crippen LogP contribution in [-0.2, 0) is 17.9 Å². The zero-order valence-electron chi connectivity index (χ0n) is 18.9. The van der Waals surface area contributed by atoms with E-state index in [0.717, 1.165) is 12.8 Å². The van der Waals surface area contributed by atoms with Crippen molar-refractivity contribution < 1.29 is 9.59 Å². The highest BCUT2D eigenvalue weighted by molar-refractivity contribution is 6.42. The molecule has 8 heteroatoms. The molecule has 1 saturated carbocycles. The summed E-state index contributed by atoms with van der Waals surface area (Å²) in [5.41, 5.74) is 10.5. The summed E-state index contributed by atoms with van der Waals surface area (Å²) in [6.07, 6.45) is 2.60. The molecule has 1 fully saturated rings. The predicted octanol–water partition coefficient (Wildman–Crippen LogP) is 5.19. The first kappa shape index (κ1) is 22.9. The molecule has 2 amide bonds. The Labute approximate surface area is 208 Å². The quantitative estimate of drug-likeness (QED) is 0.527.